The van der Waals surface area contributed by atoms with Crippen LogP contribution in [0.4, 0.5) is 0 Å². The lowest BCUT2D eigenvalue weighted by Gasteiger charge is -2.38. The SMILES string of the molecule is Cc1ccc(S(=O)(=O)Oc2ccc([C@@H]3C4=C(CC(C)(C)CC4=O)N=C4c5ccccc5C(=O)[C@H]43)cc2)cc1. The molecule has 0 aromatic heterocycles. The summed E-state index contributed by atoms with van der Waals surface area (Å²) in [7, 11) is -4.00. The summed E-state index contributed by atoms with van der Waals surface area (Å²) in [6.07, 6.45) is 1.03. The fourth-order valence-electron chi connectivity index (χ4n) is 5.86. The van der Waals surface area contributed by atoms with Crippen molar-refractivity contribution in [3.63, 3.8) is 0 Å². The minimum absolute atomic E-state index is 0.00933. The Morgan fingerprint density at radius 3 is 2.18 bits per heavy atom. The fourth-order valence-corrected chi connectivity index (χ4v) is 6.79. The van der Waals surface area contributed by atoms with Gasteiger partial charge in [-0.05, 0) is 48.6 Å². The number of fused-ring (bicyclic) bond motifs is 3. The molecule has 6 rings (SSSR count). The molecule has 0 saturated heterocycles. The number of carbonyl (C=O) groups excluding carboxylic acids is 2. The van der Waals surface area contributed by atoms with E-state index >= 15 is 0 Å². The highest BCUT2D eigenvalue weighted by Crippen LogP contribution is 2.51. The van der Waals surface area contributed by atoms with Crippen molar-refractivity contribution in [2.45, 2.75) is 44.4 Å². The summed E-state index contributed by atoms with van der Waals surface area (Å²) < 4.78 is 30.9. The molecule has 0 radical (unpaired) electrons. The molecular formula is C31H27NO5S. The molecule has 0 amide bonds. The van der Waals surface area contributed by atoms with Gasteiger partial charge in [-0.3, -0.25) is 14.6 Å². The topological polar surface area (TPSA) is 89.9 Å². The molecular weight excluding hydrogens is 498 g/mol. The Balaban J connectivity index is 1.40. The third-order valence-corrected chi connectivity index (χ3v) is 8.86. The summed E-state index contributed by atoms with van der Waals surface area (Å²) in [5.74, 6) is -0.973. The van der Waals surface area contributed by atoms with Crippen molar-refractivity contribution in [3.05, 3.63) is 106 Å². The maximum atomic E-state index is 13.6. The van der Waals surface area contributed by atoms with E-state index in [-0.39, 0.29) is 27.6 Å². The number of nitrogens with zero attached hydrogens (tertiary/aromatic N) is 1. The standard InChI is InChI=1S/C31H27NO5S/c1-18-8-14-21(15-9-18)38(35,36)37-20-12-10-19(11-13-20)26-27-24(16-31(2,3)17-25(27)33)32-29-22-6-4-5-7-23(22)30(34)28(26)29/h4-15,26,28H,16-17H2,1-3H3/t26-,28+/m1/s1. The first-order chi connectivity index (χ1) is 18.0. The molecule has 1 heterocycles. The average molecular weight is 526 g/mol. The van der Waals surface area contributed by atoms with Gasteiger partial charge in [-0.1, -0.05) is 67.9 Å². The first-order valence-electron chi connectivity index (χ1n) is 12.6. The summed E-state index contributed by atoms with van der Waals surface area (Å²) in [5, 5.41) is 0. The molecule has 2 atom stereocenters. The molecule has 1 aliphatic heterocycles. The number of Topliss-reactive ketones (excluding diaryl/α,β-unsaturated/α-hetero) is 2. The van der Waals surface area contributed by atoms with Gasteiger partial charge in [0.05, 0.1) is 11.6 Å². The van der Waals surface area contributed by atoms with E-state index in [2.05, 4.69) is 13.8 Å². The van der Waals surface area contributed by atoms with Crippen LogP contribution in [0.2, 0.25) is 0 Å². The Morgan fingerprint density at radius 1 is 0.842 bits per heavy atom. The van der Waals surface area contributed by atoms with E-state index < -0.39 is 22.0 Å². The van der Waals surface area contributed by atoms with Gasteiger partial charge in [-0.2, -0.15) is 8.42 Å². The van der Waals surface area contributed by atoms with E-state index in [0.717, 1.165) is 22.4 Å². The summed E-state index contributed by atoms with van der Waals surface area (Å²) in [4.78, 5) is 32.1. The molecule has 0 spiro atoms. The molecule has 6 nitrogen and oxygen atoms in total. The Morgan fingerprint density at radius 2 is 1.50 bits per heavy atom. The van der Waals surface area contributed by atoms with Gasteiger partial charge in [0.25, 0.3) is 0 Å². The molecule has 3 aromatic carbocycles. The van der Waals surface area contributed by atoms with Gasteiger partial charge >= 0.3 is 10.1 Å². The van der Waals surface area contributed by atoms with Crippen molar-refractivity contribution in [1.82, 2.24) is 0 Å². The molecule has 0 bridgehead atoms. The van der Waals surface area contributed by atoms with Crippen molar-refractivity contribution in [2.24, 2.45) is 16.3 Å². The minimum atomic E-state index is -4.00. The molecule has 192 valence electrons. The zero-order valence-corrected chi connectivity index (χ0v) is 22.2. The highest BCUT2D eigenvalue weighted by atomic mass is 32.2. The van der Waals surface area contributed by atoms with Crippen molar-refractivity contribution in [2.75, 3.05) is 0 Å². The molecule has 0 unspecified atom stereocenters. The number of hydrogen-bond donors (Lipinski definition) is 0. The average Bonchev–Trinajstić information content (AvgIpc) is 3.14. The monoisotopic (exact) mass is 525 g/mol. The van der Waals surface area contributed by atoms with Gasteiger partial charge in [0.1, 0.15) is 10.6 Å². The van der Waals surface area contributed by atoms with Crippen LogP contribution in [0, 0.1) is 18.3 Å². The second-order valence-corrected chi connectivity index (χ2v) is 12.6. The van der Waals surface area contributed by atoms with Crippen LogP contribution in [0.15, 0.2) is 94.0 Å². The number of aliphatic imine (C=N–C) groups is 1. The zero-order chi connectivity index (χ0) is 26.8. The predicted octanol–water partition coefficient (Wildman–Crippen LogP) is 5.80. The number of aryl methyl sites for hydroxylation is 1. The quantitative estimate of drug-likeness (QED) is 0.401. The Hall–Kier alpha value is -3.84. The highest BCUT2D eigenvalue weighted by molar-refractivity contribution is 7.87. The van der Waals surface area contributed by atoms with E-state index in [4.69, 9.17) is 9.18 Å². The van der Waals surface area contributed by atoms with Gasteiger partial charge in [-0.25, -0.2) is 0 Å². The maximum Gasteiger partial charge on any atom is 0.339 e. The lowest BCUT2D eigenvalue weighted by molar-refractivity contribution is -0.118. The van der Waals surface area contributed by atoms with E-state index in [9.17, 15) is 18.0 Å². The molecule has 7 heteroatoms. The normalized spacial score (nSPS) is 21.9. The van der Waals surface area contributed by atoms with Crippen molar-refractivity contribution < 1.29 is 22.2 Å². The van der Waals surface area contributed by atoms with Crippen LogP contribution in [0.25, 0.3) is 0 Å². The minimum Gasteiger partial charge on any atom is -0.379 e. The zero-order valence-electron chi connectivity index (χ0n) is 21.4. The second-order valence-electron chi connectivity index (χ2n) is 11.1. The van der Waals surface area contributed by atoms with Crippen LogP contribution in [0.5, 0.6) is 5.75 Å². The van der Waals surface area contributed by atoms with E-state index in [1.807, 2.05) is 31.2 Å². The summed E-state index contributed by atoms with van der Waals surface area (Å²) in [6, 6.07) is 20.6. The van der Waals surface area contributed by atoms with Crippen LogP contribution in [0.1, 0.15) is 59.7 Å². The second kappa shape index (κ2) is 8.60. The molecule has 0 N–H and O–H groups in total. The predicted molar refractivity (Wildman–Crippen MR) is 144 cm³/mol. The maximum absolute atomic E-state index is 13.6. The summed E-state index contributed by atoms with van der Waals surface area (Å²) in [6.45, 7) is 6.00. The molecule has 3 aromatic rings. The third-order valence-electron chi connectivity index (χ3n) is 7.60. The molecule has 0 saturated carbocycles. The summed E-state index contributed by atoms with van der Waals surface area (Å²) in [5.41, 5.74) is 4.97. The Bertz CT molecular complexity index is 1660. The van der Waals surface area contributed by atoms with E-state index in [1.54, 1.807) is 36.4 Å². The van der Waals surface area contributed by atoms with Crippen molar-refractivity contribution in [3.8, 4) is 5.75 Å². The van der Waals surface area contributed by atoms with Gasteiger partial charge in [-0.15, -0.1) is 0 Å². The van der Waals surface area contributed by atoms with Crippen molar-refractivity contribution >= 4 is 27.4 Å². The first kappa shape index (κ1) is 24.5. The summed E-state index contributed by atoms with van der Waals surface area (Å²) >= 11 is 0. The first-order valence-corrected chi connectivity index (χ1v) is 14.0. The van der Waals surface area contributed by atoms with E-state index in [1.165, 1.54) is 12.1 Å². The van der Waals surface area contributed by atoms with Crippen LogP contribution >= 0.6 is 0 Å². The lowest BCUT2D eigenvalue weighted by atomic mass is 9.66. The highest BCUT2D eigenvalue weighted by Gasteiger charge is 2.50. The fraction of sp³-hybridized carbons (Fsp3) is 0.258. The van der Waals surface area contributed by atoms with Gasteiger partial charge < -0.3 is 4.18 Å². The van der Waals surface area contributed by atoms with Crippen LogP contribution in [0.3, 0.4) is 0 Å². The van der Waals surface area contributed by atoms with Crippen LogP contribution in [-0.4, -0.2) is 25.7 Å². The van der Waals surface area contributed by atoms with Crippen molar-refractivity contribution in [1.29, 1.82) is 0 Å². The van der Waals surface area contributed by atoms with Gasteiger partial charge in [0.2, 0.25) is 0 Å². The lowest BCUT2D eigenvalue weighted by Crippen LogP contribution is -2.37. The molecule has 38 heavy (non-hydrogen) atoms. The number of allylic oxidation sites excluding steroid dienone is 2. The number of carbonyl (C=O) groups is 2. The van der Waals surface area contributed by atoms with Gasteiger partial charge in [0, 0.05) is 34.7 Å². The third kappa shape index (κ3) is 4.02. The number of benzene rings is 3. The van der Waals surface area contributed by atoms with Crippen LogP contribution in [-0.2, 0) is 14.9 Å². The largest absolute Gasteiger partial charge is 0.379 e. The molecule has 0 fully saturated rings. The Labute approximate surface area is 222 Å². The van der Waals surface area contributed by atoms with Crippen LogP contribution < -0.4 is 4.18 Å². The Kier molecular flexibility index (Phi) is 5.54. The van der Waals surface area contributed by atoms with E-state index in [0.29, 0.717) is 29.7 Å². The number of hydrogen-bond acceptors (Lipinski definition) is 6. The molecule has 3 aliphatic rings. The number of rotatable bonds is 4. The number of ketones is 2. The smallest absolute Gasteiger partial charge is 0.339 e. The van der Waals surface area contributed by atoms with Gasteiger partial charge in [0.15, 0.2) is 11.6 Å². The molecule has 2 aliphatic carbocycles.